The van der Waals surface area contributed by atoms with Crippen molar-refractivity contribution < 1.29 is 22.7 Å². The van der Waals surface area contributed by atoms with Crippen LogP contribution in [-0.4, -0.2) is 36.7 Å². The standard InChI is InChI=1S/C12H19BrF3NO2/c13-7-9-2-1-3-10(6-9)17-11(18)4-5-19-8-12(14,15)16/h9-10H,1-8H2,(H,17,18). The second-order valence-electron chi connectivity index (χ2n) is 4.87. The summed E-state index contributed by atoms with van der Waals surface area (Å²) in [5.74, 6) is 0.336. The Bertz CT molecular complexity index is 287. The molecule has 112 valence electrons. The summed E-state index contributed by atoms with van der Waals surface area (Å²) >= 11 is 3.44. The molecule has 2 atom stereocenters. The predicted molar refractivity (Wildman–Crippen MR) is 69.2 cm³/mol. The van der Waals surface area contributed by atoms with Crippen LogP contribution in [0.4, 0.5) is 13.2 Å². The first-order valence-electron chi connectivity index (χ1n) is 6.40. The first-order valence-corrected chi connectivity index (χ1v) is 7.52. The van der Waals surface area contributed by atoms with E-state index in [-0.39, 0.29) is 25.0 Å². The highest BCUT2D eigenvalue weighted by Crippen LogP contribution is 2.25. The van der Waals surface area contributed by atoms with Gasteiger partial charge in [0.05, 0.1) is 6.61 Å². The Kier molecular flexibility index (Phi) is 7.13. The largest absolute Gasteiger partial charge is 0.411 e. The molecule has 1 saturated carbocycles. The molecule has 0 radical (unpaired) electrons. The molecule has 0 aliphatic heterocycles. The minimum atomic E-state index is -4.33. The zero-order valence-corrected chi connectivity index (χ0v) is 12.2. The minimum Gasteiger partial charge on any atom is -0.372 e. The second-order valence-corrected chi connectivity index (χ2v) is 5.52. The molecule has 1 aliphatic rings. The monoisotopic (exact) mass is 345 g/mol. The fourth-order valence-corrected chi connectivity index (χ4v) is 2.80. The van der Waals surface area contributed by atoms with Gasteiger partial charge in [-0.1, -0.05) is 22.4 Å². The van der Waals surface area contributed by atoms with Crippen molar-refractivity contribution in [3.63, 3.8) is 0 Å². The van der Waals surface area contributed by atoms with Crippen LogP contribution >= 0.6 is 15.9 Å². The number of hydrogen-bond donors (Lipinski definition) is 1. The summed E-state index contributed by atoms with van der Waals surface area (Å²) in [6.07, 6.45) is -0.244. The van der Waals surface area contributed by atoms with Crippen LogP contribution in [0.25, 0.3) is 0 Å². The molecule has 0 heterocycles. The van der Waals surface area contributed by atoms with Gasteiger partial charge < -0.3 is 10.1 Å². The van der Waals surface area contributed by atoms with Gasteiger partial charge in [0.15, 0.2) is 0 Å². The van der Waals surface area contributed by atoms with Crippen LogP contribution < -0.4 is 5.32 Å². The van der Waals surface area contributed by atoms with E-state index >= 15 is 0 Å². The molecule has 1 fully saturated rings. The van der Waals surface area contributed by atoms with E-state index in [4.69, 9.17) is 0 Å². The topological polar surface area (TPSA) is 38.3 Å². The summed E-state index contributed by atoms with van der Waals surface area (Å²) in [4.78, 5) is 11.5. The van der Waals surface area contributed by atoms with Gasteiger partial charge in [0.1, 0.15) is 6.61 Å². The van der Waals surface area contributed by atoms with Gasteiger partial charge in [0, 0.05) is 17.8 Å². The molecule has 3 nitrogen and oxygen atoms in total. The van der Waals surface area contributed by atoms with Crippen LogP contribution in [0.15, 0.2) is 0 Å². The molecule has 7 heteroatoms. The van der Waals surface area contributed by atoms with Crippen LogP contribution in [0.1, 0.15) is 32.1 Å². The van der Waals surface area contributed by atoms with Gasteiger partial charge in [-0.25, -0.2) is 0 Å². The Labute approximate surface area is 119 Å². The van der Waals surface area contributed by atoms with Crippen molar-refractivity contribution in [2.75, 3.05) is 18.5 Å². The molecule has 0 aromatic rings. The Morgan fingerprint density at radius 3 is 2.74 bits per heavy atom. The quantitative estimate of drug-likeness (QED) is 0.593. The molecular weight excluding hydrogens is 327 g/mol. The third-order valence-corrected chi connectivity index (χ3v) is 4.02. The number of nitrogens with one attached hydrogen (secondary N) is 1. The molecule has 19 heavy (non-hydrogen) atoms. The lowest BCUT2D eigenvalue weighted by atomic mass is 9.87. The predicted octanol–water partition coefficient (Wildman–Crippen LogP) is 3.03. The maximum atomic E-state index is 11.8. The van der Waals surface area contributed by atoms with Crippen molar-refractivity contribution in [1.29, 1.82) is 0 Å². The third-order valence-electron chi connectivity index (χ3n) is 3.11. The summed E-state index contributed by atoms with van der Waals surface area (Å²) < 4.78 is 39.8. The Morgan fingerprint density at radius 1 is 1.37 bits per heavy atom. The fourth-order valence-electron chi connectivity index (χ4n) is 2.21. The number of rotatable bonds is 6. The lowest BCUT2D eigenvalue weighted by Gasteiger charge is -2.28. The second kappa shape index (κ2) is 8.09. The number of halogens is 4. The van der Waals surface area contributed by atoms with E-state index < -0.39 is 12.8 Å². The van der Waals surface area contributed by atoms with E-state index in [9.17, 15) is 18.0 Å². The molecule has 1 rings (SSSR count). The van der Waals surface area contributed by atoms with Crippen LogP contribution in [0.2, 0.25) is 0 Å². The number of carbonyl (C=O) groups excluding carboxylic acids is 1. The highest BCUT2D eigenvalue weighted by Gasteiger charge is 2.27. The first-order chi connectivity index (χ1) is 8.90. The fraction of sp³-hybridized carbons (Fsp3) is 0.917. The maximum Gasteiger partial charge on any atom is 0.411 e. The number of carbonyl (C=O) groups is 1. The summed E-state index contributed by atoms with van der Waals surface area (Å²) in [5, 5.41) is 3.78. The first kappa shape index (κ1) is 16.8. The van der Waals surface area contributed by atoms with Gasteiger partial charge in [-0.05, 0) is 25.2 Å². The third kappa shape index (κ3) is 7.77. The lowest BCUT2D eigenvalue weighted by Crippen LogP contribution is -2.39. The average Bonchev–Trinajstić information content (AvgIpc) is 2.34. The highest BCUT2D eigenvalue weighted by molar-refractivity contribution is 9.09. The van der Waals surface area contributed by atoms with Gasteiger partial charge in [0.25, 0.3) is 0 Å². The normalized spacial score (nSPS) is 24.2. The van der Waals surface area contributed by atoms with E-state index in [0.717, 1.165) is 31.0 Å². The summed E-state index contributed by atoms with van der Waals surface area (Å²) in [7, 11) is 0. The molecule has 0 aromatic heterocycles. The molecule has 0 saturated heterocycles. The van der Waals surface area contributed by atoms with E-state index in [2.05, 4.69) is 26.0 Å². The molecule has 1 amide bonds. The number of amides is 1. The lowest BCUT2D eigenvalue weighted by molar-refractivity contribution is -0.174. The van der Waals surface area contributed by atoms with E-state index in [1.165, 1.54) is 0 Å². The van der Waals surface area contributed by atoms with Crippen molar-refractivity contribution in [2.45, 2.75) is 44.3 Å². The van der Waals surface area contributed by atoms with Crippen LogP contribution in [-0.2, 0) is 9.53 Å². The Morgan fingerprint density at radius 2 is 2.11 bits per heavy atom. The number of hydrogen-bond acceptors (Lipinski definition) is 2. The highest BCUT2D eigenvalue weighted by atomic mass is 79.9. The van der Waals surface area contributed by atoms with Crippen molar-refractivity contribution in [3.05, 3.63) is 0 Å². The van der Waals surface area contributed by atoms with Crippen LogP contribution in [0.3, 0.4) is 0 Å². The van der Waals surface area contributed by atoms with Gasteiger partial charge in [0.2, 0.25) is 5.91 Å². The zero-order valence-electron chi connectivity index (χ0n) is 10.6. The average molecular weight is 346 g/mol. The van der Waals surface area contributed by atoms with Crippen molar-refractivity contribution in [2.24, 2.45) is 5.92 Å². The van der Waals surface area contributed by atoms with E-state index in [0.29, 0.717) is 5.92 Å². The summed E-state index contributed by atoms with van der Waals surface area (Å²) in [5.41, 5.74) is 0. The van der Waals surface area contributed by atoms with Crippen molar-refractivity contribution >= 4 is 21.8 Å². The molecule has 2 unspecified atom stereocenters. The smallest absolute Gasteiger partial charge is 0.372 e. The molecule has 0 spiro atoms. The van der Waals surface area contributed by atoms with Crippen LogP contribution in [0, 0.1) is 5.92 Å². The molecule has 1 N–H and O–H groups in total. The zero-order chi connectivity index (χ0) is 14.3. The van der Waals surface area contributed by atoms with Gasteiger partial charge in [-0.2, -0.15) is 13.2 Å². The SMILES string of the molecule is O=C(CCOCC(F)(F)F)NC1CCCC(CBr)C1. The van der Waals surface area contributed by atoms with E-state index in [1.54, 1.807) is 0 Å². The summed E-state index contributed by atoms with van der Waals surface area (Å²) in [6, 6.07) is 0.145. The number of alkyl halides is 4. The minimum absolute atomic E-state index is 0.0223. The Balaban J connectivity index is 2.13. The number of ether oxygens (including phenoxy) is 1. The maximum absolute atomic E-state index is 11.8. The van der Waals surface area contributed by atoms with Crippen molar-refractivity contribution in [3.8, 4) is 0 Å². The molecule has 0 bridgehead atoms. The molecule has 1 aliphatic carbocycles. The Hall–Kier alpha value is -0.300. The van der Waals surface area contributed by atoms with Crippen LogP contribution in [0.5, 0.6) is 0 Å². The van der Waals surface area contributed by atoms with E-state index in [1.807, 2.05) is 0 Å². The van der Waals surface area contributed by atoms with Gasteiger partial charge >= 0.3 is 6.18 Å². The van der Waals surface area contributed by atoms with Crippen molar-refractivity contribution in [1.82, 2.24) is 5.32 Å². The summed E-state index contributed by atoms with van der Waals surface area (Å²) in [6.45, 7) is -1.49. The molecular formula is C12H19BrF3NO2. The van der Waals surface area contributed by atoms with Gasteiger partial charge in [-0.15, -0.1) is 0 Å². The van der Waals surface area contributed by atoms with Gasteiger partial charge in [-0.3, -0.25) is 4.79 Å². The molecule has 0 aromatic carbocycles.